The Labute approximate surface area is 124 Å². The molecule has 0 aliphatic heterocycles. The summed E-state index contributed by atoms with van der Waals surface area (Å²) in [5.41, 5.74) is 1.77. The Balaban J connectivity index is 1.98. The van der Waals surface area contributed by atoms with Gasteiger partial charge in [0.1, 0.15) is 5.82 Å². The second kappa shape index (κ2) is 6.54. The Bertz CT molecular complexity index is 737. The molecule has 0 aromatic heterocycles. The summed E-state index contributed by atoms with van der Waals surface area (Å²) >= 11 is 0. The van der Waals surface area contributed by atoms with Crippen molar-refractivity contribution in [1.29, 1.82) is 0 Å². The minimum atomic E-state index is -3.55. The van der Waals surface area contributed by atoms with Gasteiger partial charge in [-0.05, 0) is 43.2 Å². The largest absolute Gasteiger partial charge is 0.287 e. The van der Waals surface area contributed by atoms with Crippen molar-refractivity contribution in [2.45, 2.75) is 18.2 Å². The number of hydrogen-bond acceptors (Lipinski definition) is 2. The molecule has 0 fully saturated rings. The lowest BCUT2D eigenvalue weighted by molar-refractivity contribution is 0.590. The molecule has 0 amide bonds. The summed E-state index contributed by atoms with van der Waals surface area (Å²) in [5.74, 6) is -0.305. The minimum Gasteiger partial charge on any atom is -0.287 e. The SMILES string of the molecule is Cc1ccc(S(=O)(=O)NC=CCc2cccc(F)c2)cc1. The molecule has 0 spiro atoms. The Morgan fingerprint density at radius 1 is 1.14 bits per heavy atom. The average molecular weight is 305 g/mol. The van der Waals surface area contributed by atoms with Gasteiger partial charge in [0.15, 0.2) is 0 Å². The van der Waals surface area contributed by atoms with E-state index in [2.05, 4.69) is 4.72 Å². The van der Waals surface area contributed by atoms with Gasteiger partial charge >= 0.3 is 0 Å². The van der Waals surface area contributed by atoms with Gasteiger partial charge in [-0.25, -0.2) is 12.8 Å². The van der Waals surface area contributed by atoms with Gasteiger partial charge in [0.05, 0.1) is 4.90 Å². The van der Waals surface area contributed by atoms with Crippen LogP contribution in [0.4, 0.5) is 4.39 Å². The molecular weight excluding hydrogens is 289 g/mol. The maximum atomic E-state index is 13.0. The second-order valence-electron chi connectivity index (χ2n) is 4.67. The maximum Gasteiger partial charge on any atom is 0.261 e. The molecule has 0 radical (unpaired) electrons. The lowest BCUT2D eigenvalue weighted by Crippen LogP contribution is -2.17. The molecule has 0 unspecified atom stereocenters. The number of aryl methyl sites for hydroxylation is 1. The van der Waals surface area contributed by atoms with E-state index < -0.39 is 10.0 Å². The smallest absolute Gasteiger partial charge is 0.261 e. The van der Waals surface area contributed by atoms with E-state index in [4.69, 9.17) is 0 Å². The number of sulfonamides is 1. The molecule has 1 N–H and O–H groups in total. The summed E-state index contributed by atoms with van der Waals surface area (Å²) < 4.78 is 39.3. The third-order valence-corrected chi connectivity index (χ3v) is 4.25. The molecular formula is C16H16FNO2S. The van der Waals surface area contributed by atoms with Gasteiger partial charge in [-0.2, -0.15) is 0 Å². The van der Waals surface area contributed by atoms with Gasteiger partial charge in [-0.15, -0.1) is 0 Å². The van der Waals surface area contributed by atoms with E-state index in [1.807, 2.05) is 6.92 Å². The summed E-state index contributed by atoms with van der Waals surface area (Å²) in [7, 11) is -3.55. The summed E-state index contributed by atoms with van der Waals surface area (Å²) in [5, 5.41) is 0. The van der Waals surface area contributed by atoms with Crippen LogP contribution in [-0.2, 0) is 16.4 Å². The van der Waals surface area contributed by atoms with Gasteiger partial charge in [-0.1, -0.05) is 35.9 Å². The van der Waals surface area contributed by atoms with Crippen LogP contribution in [0.2, 0.25) is 0 Å². The van der Waals surface area contributed by atoms with Gasteiger partial charge < -0.3 is 0 Å². The van der Waals surface area contributed by atoms with Gasteiger partial charge in [-0.3, -0.25) is 4.72 Å². The monoisotopic (exact) mass is 305 g/mol. The molecule has 0 bridgehead atoms. The lowest BCUT2D eigenvalue weighted by atomic mass is 10.1. The molecule has 0 saturated heterocycles. The molecule has 110 valence electrons. The summed E-state index contributed by atoms with van der Waals surface area (Å²) in [6, 6.07) is 12.8. The number of halogens is 1. The fourth-order valence-corrected chi connectivity index (χ4v) is 2.69. The highest BCUT2D eigenvalue weighted by Gasteiger charge is 2.10. The molecule has 2 aromatic rings. The highest BCUT2D eigenvalue weighted by molar-refractivity contribution is 7.89. The molecule has 0 heterocycles. The number of rotatable bonds is 5. The molecule has 0 aliphatic carbocycles. The van der Waals surface area contributed by atoms with Crippen molar-refractivity contribution in [2.75, 3.05) is 0 Å². The first-order valence-electron chi connectivity index (χ1n) is 6.46. The van der Waals surface area contributed by atoms with Crippen LogP contribution >= 0.6 is 0 Å². The number of benzene rings is 2. The predicted molar refractivity (Wildman–Crippen MR) is 80.7 cm³/mol. The fraction of sp³-hybridized carbons (Fsp3) is 0.125. The van der Waals surface area contributed by atoms with E-state index in [-0.39, 0.29) is 10.7 Å². The summed E-state index contributed by atoms with van der Waals surface area (Å²) in [6.07, 6.45) is 3.45. The van der Waals surface area contributed by atoms with Gasteiger partial charge in [0.2, 0.25) is 0 Å². The van der Waals surface area contributed by atoms with Crippen molar-refractivity contribution in [3.8, 4) is 0 Å². The van der Waals surface area contributed by atoms with Gasteiger partial charge in [0.25, 0.3) is 10.0 Å². The summed E-state index contributed by atoms with van der Waals surface area (Å²) in [6.45, 7) is 1.89. The zero-order chi connectivity index (χ0) is 15.3. The van der Waals surface area contributed by atoms with E-state index in [1.165, 1.54) is 18.3 Å². The van der Waals surface area contributed by atoms with Crippen LogP contribution in [0.25, 0.3) is 0 Å². The first kappa shape index (κ1) is 15.3. The zero-order valence-electron chi connectivity index (χ0n) is 11.6. The van der Waals surface area contributed by atoms with Crippen molar-refractivity contribution in [1.82, 2.24) is 4.72 Å². The van der Waals surface area contributed by atoms with Crippen LogP contribution in [0.15, 0.2) is 65.7 Å². The highest BCUT2D eigenvalue weighted by Crippen LogP contribution is 2.10. The number of nitrogens with one attached hydrogen (secondary N) is 1. The zero-order valence-corrected chi connectivity index (χ0v) is 12.4. The van der Waals surface area contributed by atoms with Crippen molar-refractivity contribution < 1.29 is 12.8 Å². The highest BCUT2D eigenvalue weighted by atomic mass is 32.2. The van der Waals surface area contributed by atoms with Gasteiger partial charge in [0, 0.05) is 6.20 Å². The Morgan fingerprint density at radius 2 is 1.86 bits per heavy atom. The van der Waals surface area contributed by atoms with Crippen molar-refractivity contribution in [3.63, 3.8) is 0 Å². The third-order valence-electron chi connectivity index (χ3n) is 2.91. The molecule has 2 aromatic carbocycles. The normalized spacial score (nSPS) is 11.7. The quantitative estimate of drug-likeness (QED) is 0.922. The third kappa shape index (κ3) is 4.43. The molecule has 21 heavy (non-hydrogen) atoms. The van der Waals surface area contributed by atoms with Crippen LogP contribution < -0.4 is 4.72 Å². The van der Waals surface area contributed by atoms with Crippen LogP contribution in [-0.4, -0.2) is 8.42 Å². The van der Waals surface area contributed by atoms with E-state index in [1.54, 1.807) is 42.5 Å². The molecule has 0 aliphatic rings. The number of allylic oxidation sites excluding steroid dienone is 1. The van der Waals surface area contributed by atoms with Crippen molar-refractivity contribution in [2.24, 2.45) is 0 Å². The molecule has 5 heteroatoms. The van der Waals surface area contributed by atoms with E-state index >= 15 is 0 Å². The summed E-state index contributed by atoms with van der Waals surface area (Å²) in [4.78, 5) is 0.212. The molecule has 3 nitrogen and oxygen atoms in total. The van der Waals surface area contributed by atoms with Crippen LogP contribution in [0, 0.1) is 12.7 Å². The average Bonchev–Trinajstić information content (AvgIpc) is 2.44. The van der Waals surface area contributed by atoms with Crippen LogP contribution in [0.3, 0.4) is 0 Å². The Hall–Kier alpha value is -2.14. The van der Waals surface area contributed by atoms with Crippen LogP contribution in [0.1, 0.15) is 11.1 Å². The van der Waals surface area contributed by atoms with Crippen LogP contribution in [0.5, 0.6) is 0 Å². The molecule has 0 atom stereocenters. The lowest BCUT2D eigenvalue weighted by Gasteiger charge is -2.04. The standard InChI is InChI=1S/C16H16FNO2S/c1-13-7-9-16(10-8-13)21(19,20)18-11-3-5-14-4-2-6-15(17)12-14/h2-4,6-12,18H,5H2,1H3. The topological polar surface area (TPSA) is 46.2 Å². The first-order valence-corrected chi connectivity index (χ1v) is 7.94. The van der Waals surface area contributed by atoms with E-state index in [0.717, 1.165) is 11.1 Å². The predicted octanol–water partition coefficient (Wildman–Crippen LogP) is 3.17. The molecule has 0 saturated carbocycles. The number of hydrogen-bond donors (Lipinski definition) is 1. The van der Waals surface area contributed by atoms with E-state index in [9.17, 15) is 12.8 Å². The van der Waals surface area contributed by atoms with Crippen molar-refractivity contribution >= 4 is 10.0 Å². The second-order valence-corrected chi connectivity index (χ2v) is 6.38. The Kier molecular flexibility index (Phi) is 4.75. The first-order chi connectivity index (χ1) is 9.97. The maximum absolute atomic E-state index is 13.0. The Morgan fingerprint density at radius 3 is 2.52 bits per heavy atom. The van der Waals surface area contributed by atoms with E-state index in [0.29, 0.717) is 6.42 Å². The molecule has 2 rings (SSSR count). The minimum absolute atomic E-state index is 0.212. The fourth-order valence-electron chi connectivity index (χ4n) is 1.78. The van der Waals surface area contributed by atoms with Crippen molar-refractivity contribution in [3.05, 3.63) is 77.8 Å².